The van der Waals surface area contributed by atoms with Crippen molar-refractivity contribution in [3.8, 4) is 11.5 Å². The van der Waals surface area contributed by atoms with Crippen molar-refractivity contribution in [3.63, 3.8) is 0 Å². The van der Waals surface area contributed by atoms with E-state index in [2.05, 4.69) is 30.8 Å². The highest BCUT2D eigenvalue weighted by molar-refractivity contribution is 5.32. The summed E-state index contributed by atoms with van der Waals surface area (Å²) in [6, 6.07) is 16.8. The van der Waals surface area contributed by atoms with Crippen LogP contribution in [-0.2, 0) is 11.2 Å². The number of hydrogen-bond acceptors (Lipinski definition) is 3. The summed E-state index contributed by atoms with van der Waals surface area (Å²) < 4.78 is 16.6. The average Bonchev–Trinajstić information content (AvgIpc) is 3.50. The first kappa shape index (κ1) is 19.5. The third-order valence-corrected chi connectivity index (χ3v) is 5.55. The molecule has 0 amide bonds. The van der Waals surface area contributed by atoms with Crippen LogP contribution in [0.3, 0.4) is 0 Å². The van der Waals surface area contributed by atoms with Crippen molar-refractivity contribution >= 4 is 0 Å². The maximum Gasteiger partial charge on any atom is 0.118 e. The Labute approximate surface area is 163 Å². The second-order valence-corrected chi connectivity index (χ2v) is 7.25. The third kappa shape index (κ3) is 4.92. The summed E-state index contributed by atoms with van der Waals surface area (Å²) in [6.45, 7) is 4.75. The highest BCUT2D eigenvalue weighted by atomic mass is 16.6. The molecule has 1 aliphatic rings. The van der Waals surface area contributed by atoms with E-state index >= 15 is 0 Å². The van der Waals surface area contributed by atoms with E-state index in [-0.39, 0.29) is 5.60 Å². The van der Waals surface area contributed by atoms with Crippen molar-refractivity contribution < 1.29 is 14.2 Å². The SMILES string of the molecule is C=CCCC(c1ccc(OC)cc1)C1(CCCc2ccc(OC)cc2)CO1. The van der Waals surface area contributed by atoms with Gasteiger partial charge < -0.3 is 14.2 Å². The van der Waals surface area contributed by atoms with Crippen LogP contribution in [0.25, 0.3) is 0 Å². The van der Waals surface area contributed by atoms with E-state index in [0.29, 0.717) is 5.92 Å². The van der Waals surface area contributed by atoms with Gasteiger partial charge in [0.25, 0.3) is 0 Å². The maximum atomic E-state index is 6.06. The van der Waals surface area contributed by atoms with Gasteiger partial charge in [0.1, 0.15) is 11.5 Å². The molecule has 3 heteroatoms. The fourth-order valence-corrected chi connectivity index (χ4v) is 3.85. The lowest BCUT2D eigenvalue weighted by molar-refractivity contribution is 0.236. The monoisotopic (exact) mass is 366 g/mol. The number of ether oxygens (including phenoxy) is 3. The standard InChI is InChI=1S/C24H30O3/c1-4-5-8-23(20-11-15-22(26-3)16-12-20)24(18-27-24)17-6-7-19-9-13-21(25-2)14-10-19/h4,9-16,23H,1,5-8,17-18H2,2-3H3. The van der Waals surface area contributed by atoms with Gasteiger partial charge in [-0.1, -0.05) is 30.3 Å². The van der Waals surface area contributed by atoms with Crippen LogP contribution in [0.2, 0.25) is 0 Å². The molecule has 0 bridgehead atoms. The van der Waals surface area contributed by atoms with Crippen LogP contribution in [0.5, 0.6) is 11.5 Å². The zero-order valence-corrected chi connectivity index (χ0v) is 16.4. The highest BCUT2D eigenvalue weighted by Gasteiger charge is 2.50. The molecule has 3 rings (SSSR count). The number of aryl methyl sites for hydroxylation is 1. The van der Waals surface area contributed by atoms with Gasteiger partial charge in [0, 0.05) is 5.92 Å². The van der Waals surface area contributed by atoms with E-state index in [1.165, 1.54) is 11.1 Å². The quantitative estimate of drug-likeness (QED) is 0.386. The molecule has 2 atom stereocenters. The largest absolute Gasteiger partial charge is 0.497 e. The first-order chi connectivity index (χ1) is 13.2. The van der Waals surface area contributed by atoms with Crippen molar-refractivity contribution in [2.45, 2.75) is 43.6 Å². The second kappa shape index (κ2) is 9.09. The molecule has 1 heterocycles. The Bertz CT molecular complexity index is 714. The van der Waals surface area contributed by atoms with Gasteiger partial charge in [-0.25, -0.2) is 0 Å². The minimum Gasteiger partial charge on any atom is -0.497 e. The van der Waals surface area contributed by atoms with Crippen molar-refractivity contribution in [1.29, 1.82) is 0 Å². The van der Waals surface area contributed by atoms with Crippen molar-refractivity contribution in [1.82, 2.24) is 0 Å². The second-order valence-electron chi connectivity index (χ2n) is 7.25. The molecule has 1 aliphatic heterocycles. The molecule has 2 aromatic rings. The number of hydrogen-bond donors (Lipinski definition) is 0. The fourth-order valence-electron chi connectivity index (χ4n) is 3.85. The molecule has 1 saturated heterocycles. The summed E-state index contributed by atoms with van der Waals surface area (Å²) in [5.74, 6) is 2.20. The first-order valence-corrected chi connectivity index (χ1v) is 9.72. The lowest BCUT2D eigenvalue weighted by Gasteiger charge is -2.25. The zero-order chi connectivity index (χ0) is 19.1. The average molecular weight is 367 g/mol. The number of methoxy groups -OCH3 is 2. The Morgan fingerprint density at radius 1 is 1.04 bits per heavy atom. The van der Waals surface area contributed by atoms with E-state index < -0.39 is 0 Å². The van der Waals surface area contributed by atoms with Crippen LogP contribution in [0.4, 0.5) is 0 Å². The molecular formula is C24H30O3. The summed E-state index contributed by atoms with van der Waals surface area (Å²) in [4.78, 5) is 0. The normalized spacial score (nSPS) is 19.3. The minimum atomic E-state index is -0.0237. The van der Waals surface area contributed by atoms with Gasteiger partial charge in [-0.2, -0.15) is 0 Å². The van der Waals surface area contributed by atoms with Crippen molar-refractivity contribution in [2.75, 3.05) is 20.8 Å². The summed E-state index contributed by atoms with van der Waals surface area (Å²) in [5.41, 5.74) is 2.66. The summed E-state index contributed by atoms with van der Waals surface area (Å²) in [7, 11) is 3.40. The topological polar surface area (TPSA) is 31.0 Å². The summed E-state index contributed by atoms with van der Waals surface area (Å²) >= 11 is 0. The maximum absolute atomic E-state index is 6.06. The van der Waals surface area contributed by atoms with Crippen LogP contribution in [0.1, 0.15) is 42.7 Å². The van der Waals surface area contributed by atoms with Gasteiger partial charge in [0.05, 0.1) is 26.4 Å². The fraction of sp³-hybridized carbons (Fsp3) is 0.417. The Hall–Kier alpha value is -2.26. The van der Waals surface area contributed by atoms with E-state index in [1.54, 1.807) is 14.2 Å². The van der Waals surface area contributed by atoms with Crippen LogP contribution in [-0.4, -0.2) is 26.4 Å². The number of epoxide rings is 1. The lowest BCUT2D eigenvalue weighted by atomic mass is 9.80. The van der Waals surface area contributed by atoms with E-state index in [0.717, 1.165) is 50.2 Å². The Morgan fingerprint density at radius 2 is 1.63 bits per heavy atom. The summed E-state index contributed by atoms with van der Waals surface area (Å²) in [6.07, 6.45) is 7.33. The third-order valence-electron chi connectivity index (χ3n) is 5.55. The smallest absolute Gasteiger partial charge is 0.118 e. The van der Waals surface area contributed by atoms with Crippen LogP contribution in [0.15, 0.2) is 61.2 Å². The zero-order valence-electron chi connectivity index (χ0n) is 16.4. The first-order valence-electron chi connectivity index (χ1n) is 9.72. The van der Waals surface area contributed by atoms with Crippen LogP contribution >= 0.6 is 0 Å². The van der Waals surface area contributed by atoms with E-state index in [9.17, 15) is 0 Å². The van der Waals surface area contributed by atoms with Gasteiger partial charge >= 0.3 is 0 Å². The minimum absolute atomic E-state index is 0.0237. The number of benzene rings is 2. The van der Waals surface area contributed by atoms with Crippen molar-refractivity contribution in [2.24, 2.45) is 0 Å². The van der Waals surface area contributed by atoms with Crippen molar-refractivity contribution in [3.05, 3.63) is 72.3 Å². The van der Waals surface area contributed by atoms with Crippen LogP contribution in [0, 0.1) is 0 Å². The molecule has 3 nitrogen and oxygen atoms in total. The molecule has 0 radical (unpaired) electrons. The number of allylic oxidation sites excluding steroid dienone is 1. The van der Waals surface area contributed by atoms with Gasteiger partial charge in [0.15, 0.2) is 0 Å². The molecular weight excluding hydrogens is 336 g/mol. The Morgan fingerprint density at radius 3 is 2.15 bits per heavy atom. The van der Waals surface area contributed by atoms with E-state index in [4.69, 9.17) is 14.2 Å². The predicted octanol–water partition coefficient (Wildman–Crippen LogP) is 5.55. The van der Waals surface area contributed by atoms with Crippen LogP contribution < -0.4 is 9.47 Å². The molecule has 0 N–H and O–H groups in total. The summed E-state index contributed by atoms with van der Waals surface area (Å²) in [5, 5.41) is 0. The Kier molecular flexibility index (Phi) is 6.57. The van der Waals surface area contributed by atoms with Gasteiger partial charge in [-0.3, -0.25) is 0 Å². The molecule has 0 aliphatic carbocycles. The van der Waals surface area contributed by atoms with E-state index in [1.807, 2.05) is 30.3 Å². The lowest BCUT2D eigenvalue weighted by Crippen LogP contribution is -2.23. The molecule has 144 valence electrons. The molecule has 0 spiro atoms. The molecule has 2 aromatic carbocycles. The van der Waals surface area contributed by atoms with Gasteiger partial charge in [-0.05, 0) is 67.5 Å². The predicted molar refractivity (Wildman–Crippen MR) is 110 cm³/mol. The van der Waals surface area contributed by atoms with Gasteiger partial charge in [-0.15, -0.1) is 6.58 Å². The highest BCUT2D eigenvalue weighted by Crippen LogP contribution is 2.48. The number of rotatable bonds is 11. The van der Waals surface area contributed by atoms with Gasteiger partial charge in [0.2, 0.25) is 0 Å². The Balaban J connectivity index is 1.64. The molecule has 27 heavy (non-hydrogen) atoms. The molecule has 0 aromatic heterocycles. The molecule has 0 saturated carbocycles. The molecule has 1 fully saturated rings. The molecule has 2 unspecified atom stereocenters.